The van der Waals surface area contributed by atoms with Crippen molar-refractivity contribution >= 4 is 27.6 Å². The molecule has 1 rings (SSSR count). The van der Waals surface area contributed by atoms with Crippen LogP contribution in [0, 0.1) is 6.92 Å². The van der Waals surface area contributed by atoms with E-state index in [1.807, 2.05) is 0 Å². The van der Waals surface area contributed by atoms with Crippen LogP contribution in [0.15, 0.2) is 23.1 Å². The maximum Gasteiger partial charge on any atom is 0.337 e. The largest absolute Gasteiger partial charge is 0.479 e. The summed E-state index contributed by atoms with van der Waals surface area (Å²) < 4.78 is 23.9. The van der Waals surface area contributed by atoms with Crippen molar-refractivity contribution in [3.8, 4) is 0 Å². The quantitative estimate of drug-likeness (QED) is 0.808. The first kappa shape index (κ1) is 15.9. The Hall–Kier alpha value is -1.15. The number of hydrogen-bond acceptors (Lipinski definition) is 4. The van der Waals surface area contributed by atoms with E-state index in [4.69, 9.17) is 21.5 Å². The summed E-state index contributed by atoms with van der Waals surface area (Å²) in [6, 6.07) is 4.46. The van der Waals surface area contributed by atoms with Gasteiger partial charge in [0.2, 0.25) is 0 Å². The minimum Gasteiger partial charge on any atom is -0.479 e. The number of nitrogens with one attached hydrogen (secondary N) is 1. The van der Waals surface area contributed by atoms with Gasteiger partial charge in [-0.15, -0.1) is 0 Å². The smallest absolute Gasteiger partial charge is 0.337 e. The summed E-state index contributed by atoms with van der Waals surface area (Å²) in [7, 11) is -4.05. The molecule has 2 N–H and O–H groups in total. The molecule has 0 unspecified atom stereocenters. The van der Waals surface area contributed by atoms with Gasteiger partial charge >= 0.3 is 5.97 Å². The highest BCUT2D eigenvalue weighted by molar-refractivity contribution is 7.89. The molecule has 0 aliphatic rings. The maximum absolute atomic E-state index is 12.0. The molecule has 1 aromatic rings. The van der Waals surface area contributed by atoms with Crippen molar-refractivity contribution in [2.75, 3.05) is 0 Å². The SMILES string of the molecule is Cc1ccc(Cl)c(S(=O)(=O)NOC(C)(C)C(=O)O)c1. The van der Waals surface area contributed by atoms with Crippen LogP contribution in [-0.4, -0.2) is 25.1 Å². The van der Waals surface area contributed by atoms with Crippen LogP contribution in [-0.2, 0) is 19.7 Å². The van der Waals surface area contributed by atoms with E-state index < -0.39 is 21.6 Å². The topological polar surface area (TPSA) is 92.7 Å². The third-order valence-electron chi connectivity index (χ3n) is 2.30. The molecule has 0 saturated carbocycles. The van der Waals surface area contributed by atoms with Gasteiger partial charge in [0, 0.05) is 0 Å². The van der Waals surface area contributed by atoms with Gasteiger partial charge in [-0.2, -0.15) is 0 Å². The lowest BCUT2D eigenvalue weighted by Gasteiger charge is -2.19. The lowest BCUT2D eigenvalue weighted by atomic mass is 10.1. The number of rotatable bonds is 5. The fourth-order valence-electron chi connectivity index (χ4n) is 1.06. The zero-order valence-electron chi connectivity index (χ0n) is 10.6. The summed E-state index contributed by atoms with van der Waals surface area (Å²) in [5.41, 5.74) is -0.995. The van der Waals surface area contributed by atoms with E-state index in [1.54, 1.807) is 17.9 Å². The number of carboxylic acids is 1. The molecule has 0 fully saturated rings. The summed E-state index contributed by atoms with van der Waals surface area (Å²) in [6.07, 6.45) is 0. The van der Waals surface area contributed by atoms with Crippen LogP contribution in [0.3, 0.4) is 0 Å². The minimum atomic E-state index is -4.05. The van der Waals surface area contributed by atoms with Crippen LogP contribution in [0.1, 0.15) is 19.4 Å². The molecule has 106 valence electrons. The molecule has 0 aromatic heterocycles. The van der Waals surface area contributed by atoms with Gasteiger partial charge < -0.3 is 5.11 Å². The fourth-order valence-corrected chi connectivity index (χ4v) is 2.56. The number of carboxylic acid groups (broad SMARTS) is 1. The second-order valence-corrected chi connectivity index (χ2v) is 6.46. The zero-order chi connectivity index (χ0) is 14.8. The van der Waals surface area contributed by atoms with Crippen LogP contribution in [0.25, 0.3) is 0 Å². The molecule has 0 bridgehead atoms. The first-order valence-corrected chi connectivity index (χ1v) is 7.12. The number of hydrogen-bond donors (Lipinski definition) is 2. The first-order valence-electron chi connectivity index (χ1n) is 5.25. The number of aliphatic carboxylic acids is 1. The van der Waals surface area contributed by atoms with E-state index in [0.29, 0.717) is 5.56 Å². The van der Waals surface area contributed by atoms with Gasteiger partial charge in [-0.3, -0.25) is 4.84 Å². The van der Waals surface area contributed by atoms with Crippen molar-refractivity contribution < 1.29 is 23.2 Å². The lowest BCUT2D eigenvalue weighted by Crippen LogP contribution is -2.42. The van der Waals surface area contributed by atoms with Crippen LogP contribution in [0.4, 0.5) is 0 Å². The average molecular weight is 308 g/mol. The monoisotopic (exact) mass is 307 g/mol. The highest BCUT2D eigenvalue weighted by atomic mass is 35.5. The second-order valence-electron chi connectivity index (χ2n) is 4.44. The van der Waals surface area contributed by atoms with Gasteiger partial charge in [-0.1, -0.05) is 22.6 Å². The highest BCUT2D eigenvalue weighted by Crippen LogP contribution is 2.22. The normalized spacial score (nSPS) is 12.4. The van der Waals surface area contributed by atoms with Crippen LogP contribution < -0.4 is 4.89 Å². The molecule has 0 amide bonds. The Morgan fingerprint density at radius 3 is 2.53 bits per heavy atom. The zero-order valence-corrected chi connectivity index (χ0v) is 12.2. The van der Waals surface area contributed by atoms with Crippen molar-refractivity contribution in [2.24, 2.45) is 0 Å². The number of aryl methyl sites for hydroxylation is 1. The van der Waals surface area contributed by atoms with Crippen molar-refractivity contribution in [1.82, 2.24) is 4.89 Å². The van der Waals surface area contributed by atoms with Gasteiger partial charge in [0.05, 0.1) is 5.02 Å². The molecule has 8 heteroatoms. The Balaban J connectivity index is 3.00. The number of sulfonamides is 1. The van der Waals surface area contributed by atoms with Gasteiger partial charge in [0.15, 0.2) is 5.60 Å². The average Bonchev–Trinajstić information content (AvgIpc) is 2.30. The number of carbonyl (C=O) groups is 1. The van der Waals surface area contributed by atoms with Crippen LogP contribution in [0.5, 0.6) is 0 Å². The molecule has 0 radical (unpaired) electrons. The molecule has 0 aliphatic carbocycles. The van der Waals surface area contributed by atoms with Gasteiger partial charge in [-0.05, 0) is 38.5 Å². The van der Waals surface area contributed by atoms with Crippen LogP contribution in [0.2, 0.25) is 5.02 Å². The predicted octanol–water partition coefficient (Wildman–Crippen LogP) is 1.72. The first-order chi connectivity index (χ1) is 8.56. The Kier molecular flexibility index (Phi) is 4.57. The van der Waals surface area contributed by atoms with E-state index in [9.17, 15) is 13.2 Å². The van der Waals surface area contributed by atoms with Crippen molar-refractivity contribution in [2.45, 2.75) is 31.3 Å². The van der Waals surface area contributed by atoms with E-state index in [1.165, 1.54) is 26.0 Å². The van der Waals surface area contributed by atoms with Gasteiger partial charge in [0.1, 0.15) is 4.90 Å². The molecular formula is C11H14ClNO5S. The molecule has 1 aromatic carbocycles. The molecule has 0 saturated heterocycles. The summed E-state index contributed by atoms with van der Waals surface area (Å²) >= 11 is 5.80. The van der Waals surface area contributed by atoms with Gasteiger partial charge in [0.25, 0.3) is 10.0 Å². The number of halogens is 1. The fraction of sp³-hybridized carbons (Fsp3) is 0.364. The Labute approximate surface area is 116 Å². The van der Waals surface area contributed by atoms with E-state index in [2.05, 4.69) is 0 Å². The Morgan fingerprint density at radius 1 is 1.42 bits per heavy atom. The van der Waals surface area contributed by atoms with Gasteiger partial charge in [-0.25, -0.2) is 13.2 Å². The van der Waals surface area contributed by atoms with Crippen molar-refractivity contribution in [3.05, 3.63) is 28.8 Å². The molecular weight excluding hydrogens is 294 g/mol. The summed E-state index contributed by atoms with van der Waals surface area (Å²) in [5, 5.41) is 8.84. The molecule has 19 heavy (non-hydrogen) atoms. The van der Waals surface area contributed by atoms with Crippen molar-refractivity contribution in [1.29, 1.82) is 0 Å². The molecule has 0 atom stereocenters. The van der Waals surface area contributed by atoms with Crippen LogP contribution >= 0.6 is 11.6 Å². The summed E-state index contributed by atoms with van der Waals surface area (Å²) in [6.45, 7) is 4.14. The minimum absolute atomic E-state index is 0.0230. The molecule has 6 nitrogen and oxygen atoms in total. The van der Waals surface area contributed by atoms with E-state index in [-0.39, 0.29) is 9.92 Å². The summed E-state index contributed by atoms with van der Waals surface area (Å²) in [5.74, 6) is -1.30. The third kappa shape index (κ3) is 3.90. The standard InChI is InChI=1S/C11H14ClNO5S/c1-7-4-5-8(12)9(6-7)19(16,17)13-18-11(2,3)10(14)15/h4-6,13H,1-3H3,(H,14,15). The summed E-state index contributed by atoms with van der Waals surface area (Å²) in [4.78, 5) is 17.1. The number of benzene rings is 1. The molecule has 0 aliphatic heterocycles. The van der Waals surface area contributed by atoms with E-state index in [0.717, 1.165) is 0 Å². The Bertz CT molecular complexity index is 597. The second kappa shape index (κ2) is 5.46. The van der Waals surface area contributed by atoms with E-state index >= 15 is 0 Å². The molecule has 0 spiro atoms. The maximum atomic E-state index is 12.0. The predicted molar refractivity (Wildman–Crippen MR) is 69.3 cm³/mol. The highest BCUT2D eigenvalue weighted by Gasteiger charge is 2.31. The Morgan fingerprint density at radius 2 is 2.00 bits per heavy atom. The third-order valence-corrected chi connectivity index (χ3v) is 3.96. The van der Waals surface area contributed by atoms with Crippen molar-refractivity contribution in [3.63, 3.8) is 0 Å². The lowest BCUT2D eigenvalue weighted by molar-refractivity contribution is -0.165. The molecule has 0 heterocycles.